The third-order valence-corrected chi connectivity index (χ3v) is 8.88. The Labute approximate surface area is 224 Å². The Morgan fingerprint density at radius 2 is 1.42 bits per heavy atom. The van der Waals surface area contributed by atoms with Crippen molar-refractivity contribution in [2.75, 3.05) is 13.7 Å². The Kier molecular flexibility index (Phi) is 6.46. The number of Topliss-reactive ketones (excluding diaryl/α,β-unsaturated/α-hetero) is 1. The molecule has 38 heavy (non-hydrogen) atoms. The zero-order valence-electron chi connectivity index (χ0n) is 22.4. The molecular formula is C33H35NO4. The van der Waals surface area contributed by atoms with Crippen LogP contribution < -0.4 is 4.74 Å². The van der Waals surface area contributed by atoms with Crippen molar-refractivity contribution < 1.29 is 19.1 Å². The number of piperidine rings is 2. The molecule has 2 saturated heterocycles. The lowest BCUT2D eigenvalue weighted by molar-refractivity contribution is 0.00647. The summed E-state index contributed by atoms with van der Waals surface area (Å²) in [6.07, 6.45) is 4.10. The Hall–Kier alpha value is -3.60. The minimum Gasteiger partial charge on any atom is -0.497 e. The normalized spacial score (nSPS) is 22.0. The molecule has 2 unspecified atom stereocenters. The van der Waals surface area contributed by atoms with Crippen molar-refractivity contribution in [3.05, 3.63) is 88.5 Å². The average Bonchev–Trinajstić information content (AvgIpc) is 3.24. The number of ether oxygens (including phenoxy) is 2. The summed E-state index contributed by atoms with van der Waals surface area (Å²) in [6.45, 7) is 4.29. The standard InChI is InChI=1S/C33H35NO4/c1-20-15-25(37-3)16-21(2)31(20)32(35)22-17-23-9-8-10-24(18-22)34(23)33(36)38-19-30-28-13-6-4-11-26(28)27-12-5-7-14-29(27)30/h4-7,11-16,22-24,30H,8-10,17-19H2,1-3H3. The van der Waals surface area contributed by atoms with E-state index in [1.54, 1.807) is 7.11 Å². The second-order valence-corrected chi connectivity index (χ2v) is 11.1. The van der Waals surface area contributed by atoms with E-state index in [1.165, 1.54) is 22.3 Å². The van der Waals surface area contributed by atoms with Crippen LogP contribution in [-0.4, -0.2) is 42.6 Å². The molecule has 0 spiro atoms. The molecule has 0 radical (unpaired) electrons. The lowest BCUT2D eigenvalue weighted by Crippen LogP contribution is -2.56. The topological polar surface area (TPSA) is 55.8 Å². The molecule has 3 aliphatic rings. The van der Waals surface area contributed by atoms with E-state index >= 15 is 0 Å². The van der Waals surface area contributed by atoms with Crippen molar-refractivity contribution in [3.8, 4) is 16.9 Å². The van der Waals surface area contributed by atoms with Gasteiger partial charge in [-0.3, -0.25) is 4.79 Å². The molecule has 2 heterocycles. The van der Waals surface area contributed by atoms with Crippen molar-refractivity contribution >= 4 is 11.9 Å². The maximum absolute atomic E-state index is 13.7. The molecule has 2 atom stereocenters. The molecule has 3 aromatic rings. The number of hydrogen-bond acceptors (Lipinski definition) is 4. The highest BCUT2D eigenvalue weighted by Gasteiger charge is 2.44. The molecule has 6 rings (SSSR count). The van der Waals surface area contributed by atoms with Crippen LogP contribution in [0.2, 0.25) is 0 Å². The van der Waals surface area contributed by atoms with Gasteiger partial charge in [0.2, 0.25) is 0 Å². The van der Waals surface area contributed by atoms with Gasteiger partial charge in [0, 0.05) is 29.5 Å². The van der Waals surface area contributed by atoms with E-state index in [0.29, 0.717) is 19.4 Å². The van der Waals surface area contributed by atoms with Crippen LogP contribution in [0.5, 0.6) is 5.75 Å². The Morgan fingerprint density at radius 3 is 1.97 bits per heavy atom. The van der Waals surface area contributed by atoms with Crippen LogP contribution in [-0.2, 0) is 4.74 Å². The number of carbonyl (C=O) groups is 2. The van der Waals surface area contributed by atoms with Crippen molar-refractivity contribution in [2.24, 2.45) is 5.92 Å². The fraction of sp³-hybridized carbons (Fsp3) is 0.394. The molecule has 2 fully saturated rings. The fourth-order valence-corrected chi connectivity index (χ4v) is 7.20. The first kappa shape index (κ1) is 24.7. The number of carbonyl (C=O) groups excluding carboxylic acids is 2. The van der Waals surface area contributed by atoms with Crippen molar-refractivity contribution in [3.63, 3.8) is 0 Å². The molecule has 0 aromatic heterocycles. The van der Waals surface area contributed by atoms with Crippen LogP contribution in [0.25, 0.3) is 11.1 Å². The minimum atomic E-state index is -0.232. The largest absolute Gasteiger partial charge is 0.497 e. The average molecular weight is 510 g/mol. The van der Waals surface area contributed by atoms with Gasteiger partial charge < -0.3 is 14.4 Å². The summed E-state index contributed by atoms with van der Waals surface area (Å²) in [7, 11) is 1.65. The number of ketones is 1. The van der Waals surface area contributed by atoms with Gasteiger partial charge in [0.15, 0.2) is 5.78 Å². The first-order chi connectivity index (χ1) is 18.5. The smallest absolute Gasteiger partial charge is 0.410 e. The van der Waals surface area contributed by atoms with Crippen LogP contribution in [0.4, 0.5) is 4.79 Å². The summed E-state index contributed by atoms with van der Waals surface area (Å²) < 4.78 is 11.4. The second kappa shape index (κ2) is 9.94. The molecule has 0 saturated carbocycles. The highest BCUT2D eigenvalue weighted by Crippen LogP contribution is 2.45. The SMILES string of the molecule is COc1cc(C)c(C(=O)C2CC3CCCC(C2)N3C(=O)OCC2c3ccccc3-c3ccccc32)c(C)c1. The van der Waals surface area contributed by atoms with E-state index in [-0.39, 0.29) is 35.8 Å². The van der Waals surface area contributed by atoms with Gasteiger partial charge in [-0.1, -0.05) is 48.5 Å². The van der Waals surface area contributed by atoms with Gasteiger partial charge >= 0.3 is 6.09 Å². The van der Waals surface area contributed by atoms with E-state index in [1.807, 2.05) is 30.9 Å². The molecule has 196 valence electrons. The van der Waals surface area contributed by atoms with Gasteiger partial charge in [0.25, 0.3) is 0 Å². The molecule has 2 aliphatic heterocycles. The Bertz CT molecular complexity index is 1310. The summed E-state index contributed by atoms with van der Waals surface area (Å²) in [6, 6.07) is 20.8. The van der Waals surface area contributed by atoms with Crippen LogP contribution in [0.3, 0.4) is 0 Å². The quantitative estimate of drug-likeness (QED) is 0.345. The number of nitrogens with zero attached hydrogens (tertiary/aromatic N) is 1. The van der Waals surface area contributed by atoms with Gasteiger partial charge in [-0.25, -0.2) is 4.79 Å². The van der Waals surface area contributed by atoms with Gasteiger partial charge in [-0.2, -0.15) is 0 Å². The predicted molar refractivity (Wildman–Crippen MR) is 148 cm³/mol. The summed E-state index contributed by atoms with van der Waals surface area (Å²) in [5, 5.41) is 0. The van der Waals surface area contributed by atoms with E-state index in [0.717, 1.165) is 41.7 Å². The molecule has 2 bridgehead atoms. The zero-order chi connectivity index (χ0) is 26.4. The number of benzene rings is 3. The highest BCUT2D eigenvalue weighted by molar-refractivity contribution is 6.01. The van der Waals surface area contributed by atoms with Crippen LogP contribution in [0.1, 0.15) is 70.6 Å². The maximum atomic E-state index is 13.7. The third-order valence-electron chi connectivity index (χ3n) is 8.88. The van der Waals surface area contributed by atoms with Gasteiger partial charge in [-0.15, -0.1) is 0 Å². The first-order valence-corrected chi connectivity index (χ1v) is 13.8. The number of hydrogen-bond donors (Lipinski definition) is 0. The highest BCUT2D eigenvalue weighted by atomic mass is 16.6. The number of methoxy groups -OCH3 is 1. The maximum Gasteiger partial charge on any atom is 0.410 e. The van der Waals surface area contributed by atoms with Crippen LogP contribution in [0.15, 0.2) is 60.7 Å². The van der Waals surface area contributed by atoms with E-state index in [2.05, 4.69) is 48.5 Å². The Morgan fingerprint density at radius 1 is 0.868 bits per heavy atom. The van der Waals surface area contributed by atoms with Crippen LogP contribution >= 0.6 is 0 Å². The molecule has 3 aromatic carbocycles. The predicted octanol–water partition coefficient (Wildman–Crippen LogP) is 7.08. The number of fused-ring (bicyclic) bond motifs is 5. The van der Waals surface area contributed by atoms with Crippen molar-refractivity contribution in [1.82, 2.24) is 4.90 Å². The second-order valence-electron chi connectivity index (χ2n) is 11.1. The number of amides is 1. The van der Waals surface area contributed by atoms with E-state index in [4.69, 9.17) is 9.47 Å². The van der Waals surface area contributed by atoms with Gasteiger partial charge in [-0.05, 0) is 91.5 Å². The number of rotatable bonds is 5. The van der Waals surface area contributed by atoms with Crippen LogP contribution in [0, 0.1) is 19.8 Å². The number of aryl methyl sites for hydroxylation is 2. The third kappa shape index (κ3) is 4.18. The fourth-order valence-electron chi connectivity index (χ4n) is 7.20. The van der Waals surface area contributed by atoms with Gasteiger partial charge in [0.05, 0.1) is 7.11 Å². The van der Waals surface area contributed by atoms with Crippen molar-refractivity contribution in [2.45, 2.75) is 64.0 Å². The van der Waals surface area contributed by atoms with E-state index < -0.39 is 0 Å². The molecule has 1 aliphatic carbocycles. The first-order valence-electron chi connectivity index (χ1n) is 13.8. The molecule has 5 heteroatoms. The monoisotopic (exact) mass is 509 g/mol. The summed E-state index contributed by atoms with van der Waals surface area (Å²) >= 11 is 0. The molecular weight excluding hydrogens is 474 g/mol. The van der Waals surface area contributed by atoms with E-state index in [9.17, 15) is 9.59 Å². The zero-order valence-corrected chi connectivity index (χ0v) is 22.4. The lowest BCUT2D eigenvalue weighted by atomic mass is 9.75. The molecule has 5 nitrogen and oxygen atoms in total. The molecule has 0 N–H and O–H groups in total. The van der Waals surface area contributed by atoms with Gasteiger partial charge in [0.1, 0.15) is 12.4 Å². The minimum absolute atomic E-state index is 0.0472. The summed E-state index contributed by atoms with van der Waals surface area (Å²) in [5.41, 5.74) is 7.61. The molecule has 1 amide bonds. The summed E-state index contributed by atoms with van der Waals surface area (Å²) in [4.78, 5) is 29.2. The van der Waals surface area contributed by atoms with Crippen molar-refractivity contribution in [1.29, 1.82) is 0 Å². The lowest BCUT2D eigenvalue weighted by Gasteiger charge is -2.47. The summed E-state index contributed by atoms with van der Waals surface area (Å²) in [5.74, 6) is 0.949. The Balaban J connectivity index is 1.17.